The molecule has 0 bridgehead atoms. The summed E-state index contributed by atoms with van der Waals surface area (Å²) < 4.78 is 46.5. The molecule has 0 aliphatic carbocycles. The lowest BCUT2D eigenvalue weighted by Crippen LogP contribution is -2.49. The highest BCUT2D eigenvalue weighted by Crippen LogP contribution is 2.25. The monoisotopic (exact) mass is 442 g/mol. The molecule has 1 amide bonds. The molecule has 0 aromatic heterocycles. The molecular weight excluding hydrogens is 429 g/mol. The van der Waals surface area contributed by atoms with Crippen LogP contribution < -0.4 is 14.8 Å². The first kappa shape index (κ1) is 20.6. The average molecular weight is 443 g/mol. The minimum atomic E-state index is -4.81. The smallest absolute Gasteiger partial charge is 0.489 e. The second-order valence-electron chi connectivity index (χ2n) is 5.69. The molecule has 1 unspecified atom stereocenters. The Kier molecular flexibility index (Phi) is 6.33. The molecule has 1 atom stereocenters. The normalized spacial score (nSPS) is 13.2. The predicted octanol–water partition coefficient (Wildman–Crippen LogP) is 4.44. The van der Waals surface area contributed by atoms with Crippen molar-refractivity contribution in [1.29, 1.82) is 5.26 Å². The van der Waals surface area contributed by atoms with Crippen LogP contribution in [-0.2, 0) is 0 Å². The van der Waals surface area contributed by atoms with Gasteiger partial charge in [0.1, 0.15) is 18.1 Å². The number of carbonyl (C=O) groups excluding carboxylic acids is 1. The van der Waals surface area contributed by atoms with Crippen LogP contribution in [-0.4, -0.2) is 24.4 Å². The van der Waals surface area contributed by atoms with Gasteiger partial charge in [-0.15, -0.1) is 13.2 Å². The second kappa shape index (κ2) is 8.31. The molecule has 2 aromatic rings. The van der Waals surface area contributed by atoms with Gasteiger partial charge in [0, 0.05) is 5.56 Å². The number of rotatable bonds is 6. The van der Waals surface area contributed by atoms with Crippen molar-refractivity contribution >= 4 is 21.8 Å². The molecular formula is C18H14BrF3N2O3. The molecule has 2 rings (SSSR count). The standard InChI is InChI=1S/C18H14BrF3N2O3/c1-17(10-23,11-26-15-5-3-2-4-14(15)19)24-16(25)12-6-8-13(9-7-12)27-18(20,21)22/h2-9H,11H2,1H3,(H,24,25). The molecule has 0 fully saturated rings. The van der Waals surface area contributed by atoms with E-state index in [2.05, 4.69) is 26.0 Å². The third-order valence-electron chi connectivity index (χ3n) is 3.34. The van der Waals surface area contributed by atoms with Gasteiger partial charge >= 0.3 is 6.36 Å². The minimum absolute atomic E-state index is 0.0758. The van der Waals surface area contributed by atoms with Crippen LogP contribution in [0.4, 0.5) is 13.2 Å². The fourth-order valence-electron chi connectivity index (χ4n) is 2.01. The fraction of sp³-hybridized carbons (Fsp3) is 0.222. The second-order valence-corrected chi connectivity index (χ2v) is 6.54. The molecule has 0 aliphatic rings. The van der Waals surface area contributed by atoms with Crippen LogP contribution in [0.1, 0.15) is 17.3 Å². The van der Waals surface area contributed by atoms with Crippen LogP contribution in [0.5, 0.6) is 11.5 Å². The summed E-state index contributed by atoms with van der Waals surface area (Å²) in [6, 6.07) is 13.4. The van der Waals surface area contributed by atoms with Crippen molar-refractivity contribution in [1.82, 2.24) is 5.32 Å². The molecule has 2 aromatic carbocycles. The largest absolute Gasteiger partial charge is 0.573 e. The molecule has 1 N–H and O–H groups in total. The number of nitrogens with one attached hydrogen (secondary N) is 1. The van der Waals surface area contributed by atoms with E-state index < -0.39 is 23.6 Å². The van der Waals surface area contributed by atoms with Gasteiger partial charge < -0.3 is 14.8 Å². The number of benzene rings is 2. The average Bonchev–Trinajstić information content (AvgIpc) is 2.60. The Balaban J connectivity index is 2.03. The molecule has 0 radical (unpaired) electrons. The van der Waals surface area contributed by atoms with Gasteiger partial charge in [-0.2, -0.15) is 5.26 Å². The first-order valence-electron chi connectivity index (χ1n) is 7.59. The Bertz CT molecular complexity index is 850. The molecule has 5 nitrogen and oxygen atoms in total. The number of para-hydroxylation sites is 1. The van der Waals surface area contributed by atoms with Crippen LogP contribution >= 0.6 is 15.9 Å². The number of hydrogen-bond donors (Lipinski definition) is 1. The molecule has 0 spiro atoms. The van der Waals surface area contributed by atoms with E-state index in [0.717, 1.165) is 12.1 Å². The summed E-state index contributed by atoms with van der Waals surface area (Å²) >= 11 is 3.31. The lowest BCUT2D eigenvalue weighted by Gasteiger charge is -2.24. The minimum Gasteiger partial charge on any atom is -0.489 e. The summed E-state index contributed by atoms with van der Waals surface area (Å²) in [7, 11) is 0. The number of alkyl halides is 3. The van der Waals surface area contributed by atoms with Gasteiger partial charge in [-0.3, -0.25) is 4.79 Å². The summed E-state index contributed by atoms with van der Waals surface area (Å²) in [6.45, 7) is 1.34. The Hall–Kier alpha value is -2.73. The Morgan fingerprint density at radius 3 is 2.37 bits per heavy atom. The molecule has 0 heterocycles. The van der Waals surface area contributed by atoms with Gasteiger partial charge in [0.2, 0.25) is 0 Å². The molecule has 0 saturated carbocycles. The van der Waals surface area contributed by atoms with E-state index in [9.17, 15) is 23.2 Å². The molecule has 142 valence electrons. The summed E-state index contributed by atoms with van der Waals surface area (Å²) in [5.41, 5.74) is -1.28. The van der Waals surface area contributed by atoms with E-state index in [4.69, 9.17) is 4.74 Å². The van der Waals surface area contributed by atoms with Crippen molar-refractivity contribution in [3.8, 4) is 17.6 Å². The zero-order chi connectivity index (χ0) is 20.1. The van der Waals surface area contributed by atoms with Crippen LogP contribution in [0.3, 0.4) is 0 Å². The van der Waals surface area contributed by atoms with Crippen molar-refractivity contribution in [2.24, 2.45) is 0 Å². The van der Waals surface area contributed by atoms with E-state index in [0.29, 0.717) is 10.2 Å². The van der Waals surface area contributed by atoms with Gasteiger partial charge in [-0.25, -0.2) is 0 Å². The Morgan fingerprint density at radius 1 is 1.19 bits per heavy atom. The van der Waals surface area contributed by atoms with E-state index >= 15 is 0 Å². The SMILES string of the molecule is CC(C#N)(COc1ccccc1Br)NC(=O)c1ccc(OC(F)(F)F)cc1. The number of nitrogens with zero attached hydrogens (tertiary/aromatic N) is 1. The number of nitriles is 1. The summed E-state index contributed by atoms with van der Waals surface area (Å²) in [6.07, 6.45) is -4.81. The van der Waals surface area contributed by atoms with Gasteiger partial charge in [0.25, 0.3) is 5.91 Å². The quantitative estimate of drug-likeness (QED) is 0.717. The first-order chi connectivity index (χ1) is 12.6. The first-order valence-corrected chi connectivity index (χ1v) is 8.38. The lowest BCUT2D eigenvalue weighted by atomic mass is 10.1. The molecule has 9 heteroatoms. The highest BCUT2D eigenvalue weighted by molar-refractivity contribution is 9.10. The van der Waals surface area contributed by atoms with E-state index in [1.165, 1.54) is 19.1 Å². The lowest BCUT2D eigenvalue weighted by molar-refractivity contribution is -0.274. The maximum atomic E-state index is 12.3. The summed E-state index contributed by atoms with van der Waals surface area (Å²) in [4.78, 5) is 12.3. The van der Waals surface area contributed by atoms with Gasteiger partial charge in [0.15, 0.2) is 5.54 Å². The van der Waals surface area contributed by atoms with E-state index in [-0.39, 0.29) is 12.2 Å². The number of halogens is 4. The van der Waals surface area contributed by atoms with Crippen LogP contribution in [0, 0.1) is 11.3 Å². The van der Waals surface area contributed by atoms with Crippen molar-refractivity contribution in [2.75, 3.05) is 6.61 Å². The highest BCUT2D eigenvalue weighted by Gasteiger charge is 2.31. The highest BCUT2D eigenvalue weighted by atomic mass is 79.9. The van der Waals surface area contributed by atoms with Crippen molar-refractivity contribution in [3.63, 3.8) is 0 Å². The van der Waals surface area contributed by atoms with Gasteiger partial charge in [-0.1, -0.05) is 12.1 Å². The van der Waals surface area contributed by atoms with Crippen LogP contribution in [0.25, 0.3) is 0 Å². The zero-order valence-corrected chi connectivity index (χ0v) is 15.6. The molecule has 0 saturated heterocycles. The zero-order valence-electron chi connectivity index (χ0n) is 14.0. The molecule has 27 heavy (non-hydrogen) atoms. The van der Waals surface area contributed by atoms with Crippen LogP contribution in [0.2, 0.25) is 0 Å². The number of amides is 1. The van der Waals surface area contributed by atoms with Gasteiger partial charge in [0.05, 0.1) is 10.5 Å². The fourth-order valence-corrected chi connectivity index (χ4v) is 2.41. The third kappa shape index (κ3) is 6.18. The summed E-state index contributed by atoms with van der Waals surface area (Å²) in [5, 5.41) is 11.9. The van der Waals surface area contributed by atoms with Crippen molar-refractivity contribution < 1.29 is 27.4 Å². The Morgan fingerprint density at radius 2 is 1.81 bits per heavy atom. The van der Waals surface area contributed by atoms with E-state index in [1.807, 2.05) is 6.07 Å². The van der Waals surface area contributed by atoms with Crippen molar-refractivity contribution in [3.05, 3.63) is 58.6 Å². The molecule has 0 aliphatic heterocycles. The number of carbonyl (C=O) groups is 1. The topological polar surface area (TPSA) is 71.3 Å². The van der Waals surface area contributed by atoms with Gasteiger partial charge in [-0.05, 0) is 59.3 Å². The maximum Gasteiger partial charge on any atom is 0.573 e. The van der Waals surface area contributed by atoms with E-state index in [1.54, 1.807) is 24.3 Å². The summed E-state index contributed by atoms with van der Waals surface area (Å²) in [5.74, 6) is -0.574. The Labute approximate surface area is 161 Å². The van der Waals surface area contributed by atoms with Crippen molar-refractivity contribution in [2.45, 2.75) is 18.8 Å². The number of ether oxygens (including phenoxy) is 2. The predicted molar refractivity (Wildman–Crippen MR) is 94.2 cm³/mol. The third-order valence-corrected chi connectivity index (χ3v) is 3.99. The van der Waals surface area contributed by atoms with Crippen LogP contribution in [0.15, 0.2) is 53.0 Å². The maximum absolute atomic E-state index is 12.3. The number of hydrogen-bond acceptors (Lipinski definition) is 4.